The van der Waals surface area contributed by atoms with E-state index in [2.05, 4.69) is 17.4 Å². The van der Waals surface area contributed by atoms with E-state index in [1.807, 2.05) is 35.1 Å². The van der Waals surface area contributed by atoms with Gasteiger partial charge < -0.3 is 20.9 Å². The van der Waals surface area contributed by atoms with Crippen LogP contribution in [-0.2, 0) is 16.4 Å². The second-order valence-electron chi connectivity index (χ2n) is 10.1. The number of carbonyl (C=O) groups is 1. The first-order chi connectivity index (χ1) is 18.7. The lowest BCUT2D eigenvalue weighted by molar-refractivity contribution is 0.0969. The normalized spacial score (nSPS) is 14.3. The van der Waals surface area contributed by atoms with Crippen LogP contribution in [0.2, 0.25) is 0 Å². The van der Waals surface area contributed by atoms with E-state index < -0.39 is 22.0 Å². The van der Waals surface area contributed by atoms with Crippen LogP contribution in [0.1, 0.15) is 59.7 Å². The summed E-state index contributed by atoms with van der Waals surface area (Å²) in [5.41, 5.74) is 10.4. The van der Waals surface area contributed by atoms with Crippen molar-refractivity contribution >= 4 is 46.4 Å². The van der Waals surface area contributed by atoms with Gasteiger partial charge >= 0.3 is 0 Å². The average Bonchev–Trinajstić information content (AvgIpc) is 2.91. The van der Waals surface area contributed by atoms with E-state index in [0.717, 1.165) is 67.2 Å². The number of carbonyl (C=O) groups excluding carboxylic acids is 1. The topological polar surface area (TPSA) is 131 Å². The molecule has 3 aromatic rings. The van der Waals surface area contributed by atoms with E-state index in [1.165, 1.54) is 6.42 Å². The van der Waals surface area contributed by atoms with Crippen LogP contribution in [0.25, 0.3) is 11.1 Å². The van der Waals surface area contributed by atoms with Gasteiger partial charge in [0.15, 0.2) is 0 Å². The molecule has 0 saturated heterocycles. The fourth-order valence-corrected chi connectivity index (χ4v) is 5.19. The number of amides is 1. The molecule has 41 heavy (non-hydrogen) atoms. The van der Waals surface area contributed by atoms with E-state index in [1.54, 1.807) is 24.3 Å². The molecule has 1 aliphatic rings. The number of hydrogen-bond donors (Lipinski definition) is 4. The summed E-state index contributed by atoms with van der Waals surface area (Å²) in [6, 6.07) is 20.6. The number of hydrogen-bond acceptors (Lipinski definition) is 7. The van der Waals surface area contributed by atoms with Gasteiger partial charge in [0.2, 0.25) is 10.0 Å². The molecular formula is C30H39Cl2N3O5S. The Morgan fingerprint density at radius 3 is 2.24 bits per heavy atom. The molecule has 0 bridgehead atoms. The maximum atomic E-state index is 12.7. The molecule has 1 amide bonds. The van der Waals surface area contributed by atoms with E-state index in [0.29, 0.717) is 18.0 Å². The Morgan fingerprint density at radius 2 is 1.61 bits per heavy atom. The fourth-order valence-electron chi connectivity index (χ4n) is 4.74. The molecular weight excluding hydrogens is 585 g/mol. The third kappa shape index (κ3) is 10.5. The second kappa shape index (κ2) is 16.0. The number of aliphatic hydroxyl groups excluding tert-OH is 1. The SMILES string of the molecule is CS(=O)(=O)NC(=O)c1ccc(-c2ccc(CCNC[C@H](O)c3ccc(N)cc3)cc2)cc1OC1CCCCC1.Cl.Cl. The molecule has 0 aliphatic heterocycles. The number of halogens is 2. The highest BCUT2D eigenvalue weighted by molar-refractivity contribution is 7.89. The van der Waals surface area contributed by atoms with Crippen molar-refractivity contribution in [1.82, 2.24) is 10.0 Å². The zero-order valence-electron chi connectivity index (χ0n) is 23.0. The molecule has 224 valence electrons. The highest BCUT2D eigenvalue weighted by Gasteiger charge is 2.21. The minimum Gasteiger partial charge on any atom is -0.490 e. The highest BCUT2D eigenvalue weighted by atomic mass is 35.5. The lowest BCUT2D eigenvalue weighted by Crippen LogP contribution is -2.30. The van der Waals surface area contributed by atoms with Crippen LogP contribution in [0.15, 0.2) is 66.7 Å². The lowest BCUT2D eigenvalue weighted by atomic mass is 9.97. The molecule has 0 radical (unpaired) electrons. The third-order valence-electron chi connectivity index (χ3n) is 6.89. The zero-order valence-corrected chi connectivity index (χ0v) is 25.5. The van der Waals surface area contributed by atoms with Crippen LogP contribution in [-0.4, -0.2) is 44.9 Å². The van der Waals surface area contributed by atoms with Crippen molar-refractivity contribution in [2.24, 2.45) is 0 Å². The van der Waals surface area contributed by atoms with Crippen molar-refractivity contribution in [3.63, 3.8) is 0 Å². The molecule has 1 atom stereocenters. The number of aliphatic hydroxyl groups is 1. The molecule has 0 unspecified atom stereocenters. The summed E-state index contributed by atoms with van der Waals surface area (Å²) >= 11 is 0. The van der Waals surface area contributed by atoms with E-state index in [9.17, 15) is 18.3 Å². The summed E-state index contributed by atoms with van der Waals surface area (Å²) in [5.74, 6) is -0.298. The van der Waals surface area contributed by atoms with Crippen molar-refractivity contribution in [1.29, 1.82) is 0 Å². The summed E-state index contributed by atoms with van der Waals surface area (Å²) in [7, 11) is -3.70. The molecule has 5 N–H and O–H groups in total. The van der Waals surface area contributed by atoms with Crippen LogP contribution in [0.4, 0.5) is 5.69 Å². The van der Waals surface area contributed by atoms with Gasteiger partial charge in [0, 0.05) is 12.2 Å². The van der Waals surface area contributed by atoms with Gasteiger partial charge in [0.1, 0.15) is 5.75 Å². The smallest absolute Gasteiger partial charge is 0.268 e. The largest absolute Gasteiger partial charge is 0.490 e. The summed E-state index contributed by atoms with van der Waals surface area (Å²) in [6.45, 7) is 1.17. The van der Waals surface area contributed by atoms with Gasteiger partial charge in [-0.2, -0.15) is 0 Å². The molecule has 1 saturated carbocycles. The minimum absolute atomic E-state index is 0. The first-order valence-corrected chi connectivity index (χ1v) is 15.2. The molecule has 0 spiro atoms. The maximum Gasteiger partial charge on any atom is 0.268 e. The summed E-state index contributed by atoms with van der Waals surface area (Å²) in [6.07, 6.45) is 6.32. The number of benzene rings is 3. The summed E-state index contributed by atoms with van der Waals surface area (Å²) in [4.78, 5) is 12.7. The Labute approximate surface area is 254 Å². The average molecular weight is 625 g/mol. The van der Waals surface area contributed by atoms with Crippen molar-refractivity contribution in [2.45, 2.75) is 50.7 Å². The van der Waals surface area contributed by atoms with Crippen LogP contribution in [0.5, 0.6) is 5.75 Å². The molecule has 4 rings (SSSR count). The number of ether oxygens (including phenoxy) is 1. The highest BCUT2D eigenvalue weighted by Crippen LogP contribution is 2.31. The number of nitrogens with one attached hydrogen (secondary N) is 2. The van der Waals surface area contributed by atoms with Crippen molar-refractivity contribution < 1.29 is 23.1 Å². The van der Waals surface area contributed by atoms with Crippen molar-refractivity contribution in [3.05, 3.63) is 83.4 Å². The fraction of sp³-hybridized carbons (Fsp3) is 0.367. The van der Waals surface area contributed by atoms with E-state index in [4.69, 9.17) is 10.5 Å². The second-order valence-corrected chi connectivity index (χ2v) is 11.9. The lowest BCUT2D eigenvalue weighted by Gasteiger charge is -2.24. The maximum absolute atomic E-state index is 12.7. The van der Waals surface area contributed by atoms with Gasteiger partial charge in [-0.05, 0) is 85.2 Å². The predicted molar refractivity (Wildman–Crippen MR) is 169 cm³/mol. The quantitative estimate of drug-likeness (QED) is 0.174. The Hall–Kier alpha value is -2.82. The molecule has 1 fully saturated rings. The minimum atomic E-state index is -3.70. The summed E-state index contributed by atoms with van der Waals surface area (Å²) in [5, 5.41) is 13.6. The van der Waals surface area contributed by atoms with Crippen LogP contribution in [0.3, 0.4) is 0 Å². The zero-order chi connectivity index (χ0) is 27.8. The van der Waals surface area contributed by atoms with Crippen molar-refractivity contribution in [3.8, 4) is 16.9 Å². The number of anilines is 1. The van der Waals surface area contributed by atoms with Gasteiger partial charge in [-0.3, -0.25) is 4.79 Å². The van der Waals surface area contributed by atoms with Gasteiger partial charge in [0.05, 0.1) is 24.0 Å². The predicted octanol–water partition coefficient (Wildman–Crippen LogP) is 5.05. The first-order valence-electron chi connectivity index (χ1n) is 13.3. The van der Waals surface area contributed by atoms with Gasteiger partial charge in [-0.25, -0.2) is 13.1 Å². The Balaban J connectivity index is 0.00000294. The summed E-state index contributed by atoms with van der Waals surface area (Å²) < 4.78 is 31.6. The van der Waals surface area contributed by atoms with E-state index in [-0.39, 0.29) is 36.5 Å². The number of nitrogen functional groups attached to an aromatic ring is 1. The molecule has 1 aliphatic carbocycles. The number of rotatable bonds is 11. The Morgan fingerprint density at radius 1 is 0.976 bits per heavy atom. The van der Waals surface area contributed by atoms with Crippen LogP contribution < -0.4 is 20.5 Å². The molecule has 3 aromatic carbocycles. The Kier molecular flexibility index (Phi) is 13.4. The third-order valence-corrected chi connectivity index (χ3v) is 7.44. The Bertz CT molecular complexity index is 1360. The van der Waals surface area contributed by atoms with Crippen LogP contribution in [0, 0.1) is 0 Å². The molecule has 0 heterocycles. The molecule has 8 nitrogen and oxygen atoms in total. The van der Waals surface area contributed by atoms with Gasteiger partial charge in [-0.1, -0.05) is 48.9 Å². The standard InChI is InChI=1S/C30H37N3O5S.2ClH/c1-39(36,37)33-30(35)27-16-13-24(19-29(27)38-26-5-3-2-4-6-26)22-9-7-21(8-10-22)17-18-32-20-28(34)23-11-14-25(31)15-12-23;;/h7-16,19,26,28,32,34H,2-6,17-18,20,31H2,1H3,(H,33,35);2*1H/t28-;;/m0../s1. The monoisotopic (exact) mass is 623 g/mol. The van der Waals surface area contributed by atoms with Gasteiger partial charge in [-0.15, -0.1) is 24.8 Å². The number of nitrogens with two attached hydrogens (primary N) is 1. The van der Waals surface area contributed by atoms with Crippen molar-refractivity contribution in [2.75, 3.05) is 25.1 Å². The first kappa shape index (κ1) is 34.4. The molecule has 11 heteroatoms. The molecule has 0 aromatic heterocycles. The van der Waals surface area contributed by atoms with E-state index >= 15 is 0 Å². The number of sulfonamides is 1. The van der Waals surface area contributed by atoms with Crippen LogP contribution >= 0.6 is 24.8 Å². The van der Waals surface area contributed by atoms with Gasteiger partial charge in [0.25, 0.3) is 5.91 Å².